The molecule has 1 saturated carbocycles. The molecule has 2 aromatic carbocycles. The maximum Gasteiger partial charge on any atom is 0.313 e. The number of hydrogen-bond acceptors (Lipinski definition) is 5. The normalized spacial score (nSPS) is 17.0. The minimum Gasteiger partial charge on any atom is -0.497 e. The van der Waals surface area contributed by atoms with Gasteiger partial charge in [-0.15, -0.1) is 0 Å². The monoisotopic (exact) mass is 511 g/mol. The molecule has 0 bridgehead atoms. The fourth-order valence-corrected chi connectivity index (χ4v) is 4.29. The molecular formula is C31H42FNO4. The third-order valence-corrected chi connectivity index (χ3v) is 6.87. The van der Waals surface area contributed by atoms with E-state index < -0.39 is 0 Å². The van der Waals surface area contributed by atoms with Crippen LogP contribution in [0.4, 0.5) is 4.39 Å². The maximum atomic E-state index is 13.8. The Labute approximate surface area is 221 Å². The predicted octanol–water partition coefficient (Wildman–Crippen LogP) is 6.87. The van der Waals surface area contributed by atoms with Crippen molar-refractivity contribution in [1.82, 2.24) is 5.32 Å². The number of ether oxygens (including phenoxy) is 3. The van der Waals surface area contributed by atoms with Crippen molar-refractivity contribution in [3.63, 3.8) is 0 Å². The molecule has 1 fully saturated rings. The van der Waals surface area contributed by atoms with Crippen molar-refractivity contribution in [1.29, 1.82) is 0 Å². The summed E-state index contributed by atoms with van der Waals surface area (Å²) in [5, 5.41) is 3.22. The molecule has 5 nitrogen and oxygen atoms in total. The van der Waals surface area contributed by atoms with Crippen molar-refractivity contribution in [2.75, 3.05) is 20.2 Å². The van der Waals surface area contributed by atoms with E-state index in [4.69, 9.17) is 14.2 Å². The fourth-order valence-electron chi connectivity index (χ4n) is 4.29. The molecule has 2 aromatic rings. The SMILES string of the molecule is CC/C(C)=C1\Cc2ccc(OC)cc2COc2ccc(F)cc21.CCNCC1(C(=O)OC(C)(C)C)CC1. The molecule has 37 heavy (non-hydrogen) atoms. The fraction of sp³-hybridized carbons (Fsp3) is 0.516. The zero-order valence-corrected chi connectivity index (χ0v) is 23.4. The Hall–Kier alpha value is -2.86. The molecule has 0 atom stereocenters. The number of hydrogen-bond donors (Lipinski definition) is 1. The van der Waals surface area contributed by atoms with Gasteiger partial charge in [0.15, 0.2) is 0 Å². The number of rotatable bonds is 6. The first-order valence-corrected chi connectivity index (χ1v) is 13.2. The standard InChI is InChI=1S/C20H21FO2.C11H21NO2/c1-4-13(2)18-10-14-5-7-17(22-3)9-15(14)12-23-20-8-6-16(21)11-19(18)20;1-5-12-8-11(6-7-11)9(13)14-10(2,3)4/h5-9,11H,4,10,12H2,1-3H3;12H,5-8H2,1-4H3/b18-13+;. The lowest BCUT2D eigenvalue weighted by Crippen LogP contribution is -2.35. The van der Waals surface area contributed by atoms with Gasteiger partial charge in [-0.25, -0.2) is 4.39 Å². The van der Waals surface area contributed by atoms with Crippen molar-refractivity contribution < 1.29 is 23.4 Å². The van der Waals surface area contributed by atoms with Crippen molar-refractivity contribution in [2.24, 2.45) is 5.41 Å². The summed E-state index contributed by atoms with van der Waals surface area (Å²) in [5.41, 5.74) is 5.01. The third kappa shape index (κ3) is 7.57. The zero-order valence-electron chi connectivity index (χ0n) is 23.4. The summed E-state index contributed by atoms with van der Waals surface area (Å²) in [6, 6.07) is 10.8. The molecule has 1 aliphatic carbocycles. The summed E-state index contributed by atoms with van der Waals surface area (Å²) in [6.45, 7) is 14.1. The zero-order chi connectivity index (χ0) is 27.2. The van der Waals surface area contributed by atoms with E-state index in [0.717, 1.165) is 67.0 Å². The average molecular weight is 512 g/mol. The highest BCUT2D eigenvalue weighted by Gasteiger charge is 2.51. The second-order valence-corrected chi connectivity index (χ2v) is 10.9. The van der Waals surface area contributed by atoms with Crippen molar-refractivity contribution in [3.05, 3.63) is 64.5 Å². The van der Waals surface area contributed by atoms with Gasteiger partial charge < -0.3 is 19.5 Å². The Morgan fingerprint density at radius 2 is 1.84 bits per heavy atom. The molecule has 202 valence electrons. The Balaban J connectivity index is 0.000000233. The van der Waals surface area contributed by atoms with E-state index in [1.54, 1.807) is 19.2 Å². The van der Waals surface area contributed by atoms with Gasteiger partial charge in [0, 0.05) is 12.1 Å². The van der Waals surface area contributed by atoms with Gasteiger partial charge in [-0.3, -0.25) is 4.79 Å². The van der Waals surface area contributed by atoms with Crippen LogP contribution in [0.15, 0.2) is 42.0 Å². The lowest BCUT2D eigenvalue weighted by Gasteiger charge is -2.23. The molecule has 0 spiro atoms. The number of nitrogens with one attached hydrogen (secondary N) is 1. The van der Waals surface area contributed by atoms with E-state index in [0.29, 0.717) is 6.61 Å². The highest BCUT2D eigenvalue weighted by Crippen LogP contribution is 2.46. The predicted molar refractivity (Wildman–Crippen MR) is 146 cm³/mol. The smallest absolute Gasteiger partial charge is 0.313 e. The van der Waals surface area contributed by atoms with Gasteiger partial charge in [0.05, 0.1) is 12.5 Å². The molecule has 0 saturated heterocycles. The first kappa shape index (κ1) is 28.7. The average Bonchev–Trinajstić information content (AvgIpc) is 3.64. The summed E-state index contributed by atoms with van der Waals surface area (Å²) < 4.78 is 30.4. The van der Waals surface area contributed by atoms with Crippen molar-refractivity contribution in [2.45, 2.75) is 79.4 Å². The summed E-state index contributed by atoms with van der Waals surface area (Å²) in [5.74, 6) is 1.29. The van der Waals surface area contributed by atoms with Crippen LogP contribution in [0, 0.1) is 11.2 Å². The molecule has 0 amide bonds. The van der Waals surface area contributed by atoms with E-state index in [1.165, 1.54) is 17.2 Å². The molecule has 0 aromatic heterocycles. The van der Waals surface area contributed by atoms with Crippen LogP contribution in [0.5, 0.6) is 11.5 Å². The largest absolute Gasteiger partial charge is 0.497 e. The Kier molecular flexibility index (Phi) is 9.41. The van der Waals surface area contributed by atoms with Crippen LogP contribution < -0.4 is 14.8 Å². The molecular weight excluding hydrogens is 469 g/mol. The quantitative estimate of drug-likeness (QED) is 0.429. The third-order valence-electron chi connectivity index (χ3n) is 6.87. The molecule has 0 unspecified atom stereocenters. The molecule has 1 N–H and O–H groups in total. The van der Waals surface area contributed by atoms with Crippen LogP contribution in [0.2, 0.25) is 0 Å². The first-order chi connectivity index (χ1) is 17.5. The van der Waals surface area contributed by atoms with Crippen LogP contribution in [-0.2, 0) is 22.6 Å². The number of methoxy groups -OCH3 is 1. The van der Waals surface area contributed by atoms with E-state index in [9.17, 15) is 9.18 Å². The van der Waals surface area contributed by atoms with E-state index in [1.807, 2.05) is 39.8 Å². The van der Waals surface area contributed by atoms with Gasteiger partial charge in [-0.1, -0.05) is 25.5 Å². The van der Waals surface area contributed by atoms with Gasteiger partial charge in [-0.05, 0) is 107 Å². The lowest BCUT2D eigenvalue weighted by molar-refractivity contribution is -0.161. The van der Waals surface area contributed by atoms with E-state index in [-0.39, 0.29) is 22.8 Å². The molecule has 1 aliphatic heterocycles. The Bertz CT molecular complexity index is 1130. The van der Waals surface area contributed by atoms with Crippen LogP contribution >= 0.6 is 0 Å². The second-order valence-electron chi connectivity index (χ2n) is 10.9. The van der Waals surface area contributed by atoms with Gasteiger partial charge in [-0.2, -0.15) is 0 Å². The highest BCUT2D eigenvalue weighted by molar-refractivity contribution is 5.80. The van der Waals surface area contributed by atoms with Gasteiger partial charge in [0.25, 0.3) is 0 Å². The van der Waals surface area contributed by atoms with Crippen LogP contribution in [0.3, 0.4) is 0 Å². The number of fused-ring (bicyclic) bond motifs is 2. The van der Waals surface area contributed by atoms with Gasteiger partial charge >= 0.3 is 5.97 Å². The minimum atomic E-state index is -0.362. The number of carbonyl (C=O) groups is 1. The van der Waals surface area contributed by atoms with Gasteiger partial charge in [0.2, 0.25) is 0 Å². The van der Waals surface area contributed by atoms with Crippen molar-refractivity contribution >= 4 is 11.5 Å². The summed E-state index contributed by atoms with van der Waals surface area (Å²) in [6.07, 6.45) is 3.64. The van der Waals surface area contributed by atoms with E-state index >= 15 is 0 Å². The van der Waals surface area contributed by atoms with Crippen LogP contribution in [-0.4, -0.2) is 31.8 Å². The number of carbonyl (C=O) groups excluding carboxylic acids is 1. The lowest BCUT2D eigenvalue weighted by atomic mass is 9.89. The van der Waals surface area contributed by atoms with Gasteiger partial charge in [0.1, 0.15) is 29.5 Å². The Morgan fingerprint density at radius 3 is 2.43 bits per heavy atom. The number of allylic oxidation sites excluding steroid dienone is 2. The first-order valence-electron chi connectivity index (χ1n) is 13.2. The summed E-state index contributed by atoms with van der Waals surface area (Å²) >= 11 is 0. The molecule has 0 radical (unpaired) electrons. The molecule has 2 aliphatic rings. The second kappa shape index (κ2) is 12.1. The summed E-state index contributed by atoms with van der Waals surface area (Å²) in [4.78, 5) is 11.8. The molecule has 4 rings (SSSR count). The topological polar surface area (TPSA) is 56.8 Å². The number of benzene rings is 2. The van der Waals surface area contributed by atoms with Crippen LogP contribution in [0.25, 0.3) is 5.57 Å². The Morgan fingerprint density at radius 1 is 1.11 bits per heavy atom. The molecule has 1 heterocycles. The van der Waals surface area contributed by atoms with Crippen LogP contribution in [0.1, 0.15) is 77.5 Å². The number of halogens is 1. The maximum absolute atomic E-state index is 13.8. The minimum absolute atomic E-state index is 0.0362. The van der Waals surface area contributed by atoms with Crippen molar-refractivity contribution in [3.8, 4) is 11.5 Å². The van der Waals surface area contributed by atoms with E-state index in [2.05, 4.69) is 25.2 Å². The highest BCUT2D eigenvalue weighted by atomic mass is 19.1. The molecule has 6 heteroatoms. The number of esters is 1. The summed E-state index contributed by atoms with van der Waals surface area (Å²) in [7, 11) is 1.66.